The lowest BCUT2D eigenvalue weighted by Gasteiger charge is -2.25. The minimum Gasteiger partial charge on any atom is -0.396 e. The van der Waals surface area contributed by atoms with Crippen LogP contribution in [0.5, 0.6) is 0 Å². The summed E-state index contributed by atoms with van der Waals surface area (Å²) < 4.78 is 0. The number of hydrogen-bond acceptors (Lipinski definition) is 5. The second-order valence-corrected chi connectivity index (χ2v) is 5.33. The molecule has 1 aromatic heterocycles. The molecule has 1 aliphatic rings. The van der Waals surface area contributed by atoms with E-state index in [0.29, 0.717) is 11.7 Å². The van der Waals surface area contributed by atoms with Gasteiger partial charge in [-0.3, -0.25) is 4.79 Å². The number of carbonyl (C=O) groups is 1. The third kappa shape index (κ3) is 3.25. The molecule has 2 rings (SSSR count). The summed E-state index contributed by atoms with van der Waals surface area (Å²) in [5.41, 5.74) is 0.366. The van der Waals surface area contributed by atoms with Crippen molar-refractivity contribution in [3.8, 4) is 0 Å². The van der Waals surface area contributed by atoms with E-state index in [4.69, 9.17) is 5.11 Å². The molecule has 1 fully saturated rings. The van der Waals surface area contributed by atoms with Crippen LogP contribution >= 0.6 is 0 Å². The molecule has 0 aromatic carbocycles. The highest BCUT2D eigenvalue weighted by molar-refractivity contribution is 5.91. The van der Waals surface area contributed by atoms with Crippen LogP contribution in [0.4, 0.5) is 5.82 Å². The van der Waals surface area contributed by atoms with Crippen LogP contribution in [0.2, 0.25) is 0 Å². The van der Waals surface area contributed by atoms with Crippen LogP contribution in [0.15, 0.2) is 12.1 Å². The first-order valence-corrected chi connectivity index (χ1v) is 7.06. The Morgan fingerprint density at radius 1 is 1.45 bits per heavy atom. The van der Waals surface area contributed by atoms with Crippen LogP contribution in [0.3, 0.4) is 0 Å². The van der Waals surface area contributed by atoms with Crippen molar-refractivity contribution >= 4 is 11.7 Å². The minimum absolute atomic E-state index is 0.137. The summed E-state index contributed by atoms with van der Waals surface area (Å²) in [4.78, 5) is 15.5. The molecular formula is C14H22N4O2. The molecule has 1 aliphatic heterocycles. The topological polar surface area (TPSA) is 69.6 Å². The lowest BCUT2D eigenvalue weighted by Crippen LogP contribution is -2.31. The number of hydrogen-bond donors (Lipinski definition) is 1. The molecule has 1 saturated heterocycles. The minimum atomic E-state index is -0.137. The Kier molecular flexibility index (Phi) is 4.89. The van der Waals surface area contributed by atoms with Crippen LogP contribution in [-0.4, -0.2) is 59.4 Å². The van der Waals surface area contributed by atoms with E-state index in [1.54, 1.807) is 20.2 Å². The smallest absolute Gasteiger partial charge is 0.273 e. The first kappa shape index (κ1) is 14.7. The van der Waals surface area contributed by atoms with Crippen molar-refractivity contribution in [1.29, 1.82) is 0 Å². The lowest BCUT2D eigenvalue weighted by atomic mass is 10.1. The molecule has 1 unspecified atom stereocenters. The van der Waals surface area contributed by atoms with Crippen LogP contribution in [0.1, 0.15) is 36.2 Å². The van der Waals surface area contributed by atoms with Gasteiger partial charge in [0, 0.05) is 33.3 Å². The highest BCUT2D eigenvalue weighted by atomic mass is 16.3. The number of aliphatic hydroxyl groups excluding tert-OH is 1. The van der Waals surface area contributed by atoms with Gasteiger partial charge in [-0.1, -0.05) is 0 Å². The van der Waals surface area contributed by atoms with E-state index in [2.05, 4.69) is 15.1 Å². The fourth-order valence-corrected chi connectivity index (χ4v) is 2.59. The van der Waals surface area contributed by atoms with Gasteiger partial charge < -0.3 is 14.9 Å². The van der Waals surface area contributed by atoms with Gasteiger partial charge in [-0.15, -0.1) is 10.2 Å². The van der Waals surface area contributed by atoms with Crippen molar-refractivity contribution in [3.63, 3.8) is 0 Å². The molecule has 20 heavy (non-hydrogen) atoms. The predicted molar refractivity (Wildman–Crippen MR) is 76.7 cm³/mol. The fraction of sp³-hybridized carbons (Fsp3) is 0.643. The number of nitrogens with zero attached hydrogens (tertiary/aromatic N) is 4. The summed E-state index contributed by atoms with van der Waals surface area (Å²) in [6, 6.07) is 4.01. The molecule has 0 saturated carbocycles. The standard InChI is InChI=1S/C14H22N4O2/c1-17(2)14(20)12-7-8-13(16-15-12)18-9-3-5-11(18)6-4-10-19/h7-8,11,19H,3-6,9-10H2,1-2H3. The van der Waals surface area contributed by atoms with Crippen LogP contribution in [-0.2, 0) is 0 Å². The molecule has 1 atom stereocenters. The molecule has 1 aromatic rings. The van der Waals surface area contributed by atoms with Crippen LogP contribution in [0.25, 0.3) is 0 Å². The van der Waals surface area contributed by atoms with Gasteiger partial charge in [-0.05, 0) is 37.8 Å². The largest absolute Gasteiger partial charge is 0.396 e. The molecular weight excluding hydrogens is 256 g/mol. The van der Waals surface area contributed by atoms with Crippen molar-refractivity contribution in [3.05, 3.63) is 17.8 Å². The number of aromatic nitrogens is 2. The number of anilines is 1. The highest BCUT2D eigenvalue weighted by Crippen LogP contribution is 2.26. The lowest BCUT2D eigenvalue weighted by molar-refractivity contribution is 0.0821. The van der Waals surface area contributed by atoms with E-state index in [1.165, 1.54) is 4.90 Å². The van der Waals surface area contributed by atoms with Gasteiger partial charge in [0.25, 0.3) is 5.91 Å². The Morgan fingerprint density at radius 3 is 2.85 bits per heavy atom. The molecule has 1 amide bonds. The third-order valence-corrected chi connectivity index (χ3v) is 3.64. The van der Waals surface area contributed by atoms with Crippen molar-refractivity contribution in [2.45, 2.75) is 31.7 Å². The summed E-state index contributed by atoms with van der Waals surface area (Å²) in [7, 11) is 3.40. The molecule has 6 heteroatoms. The summed E-state index contributed by atoms with van der Waals surface area (Å²) in [5, 5.41) is 17.2. The van der Waals surface area contributed by atoms with E-state index in [9.17, 15) is 4.79 Å². The van der Waals surface area contributed by atoms with Gasteiger partial charge in [-0.2, -0.15) is 0 Å². The Bertz CT molecular complexity index is 447. The molecule has 2 heterocycles. The fourth-order valence-electron chi connectivity index (χ4n) is 2.59. The van der Waals surface area contributed by atoms with Crippen LogP contribution in [0, 0.1) is 0 Å². The van der Waals surface area contributed by atoms with E-state index >= 15 is 0 Å². The van der Waals surface area contributed by atoms with Crippen molar-refractivity contribution in [1.82, 2.24) is 15.1 Å². The zero-order valence-electron chi connectivity index (χ0n) is 12.1. The molecule has 6 nitrogen and oxygen atoms in total. The maximum Gasteiger partial charge on any atom is 0.273 e. The Balaban J connectivity index is 2.07. The zero-order chi connectivity index (χ0) is 14.5. The maximum atomic E-state index is 11.8. The summed E-state index contributed by atoms with van der Waals surface area (Å²) >= 11 is 0. The van der Waals surface area contributed by atoms with Gasteiger partial charge >= 0.3 is 0 Å². The monoisotopic (exact) mass is 278 g/mol. The molecule has 0 aliphatic carbocycles. The summed E-state index contributed by atoms with van der Waals surface area (Å²) in [6.07, 6.45) is 4.04. The third-order valence-electron chi connectivity index (χ3n) is 3.64. The highest BCUT2D eigenvalue weighted by Gasteiger charge is 2.25. The first-order chi connectivity index (χ1) is 9.63. The average molecular weight is 278 g/mol. The van der Waals surface area contributed by atoms with Gasteiger partial charge in [0.2, 0.25) is 0 Å². The van der Waals surface area contributed by atoms with Gasteiger partial charge in [0.15, 0.2) is 11.5 Å². The Morgan fingerprint density at radius 2 is 2.25 bits per heavy atom. The Labute approximate surface area is 119 Å². The van der Waals surface area contributed by atoms with Crippen molar-refractivity contribution in [2.75, 3.05) is 32.1 Å². The second-order valence-electron chi connectivity index (χ2n) is 5.33. The second kappa shape index (κ2) is 6.65. The summed E-state index contributed by atoms with van der Waals surface area (Å²) in [6.45, 7) is 1.19. The SMILES string of the molecule is CN(C)C(=O)c1ccc(N2CCCC2CCCO)nn1. The molecule has 0 bridgehead atoms. The number of aliphatic hydroxyl groups is 1. The van der Waals surface area contributed by atoms with Gasteiger partial charge in [0.05, 0.1) is 0 Å². The normalized spacial score (nSPS) is 18.4. The average Bonchev–Trinajstić information content (AvgIpc) is 2.92. The number of amides is 1. The molecule has 110 valence electrons. The van der Waals surface area contributed by atoms with E-state index in [-0.39, 0.29) is 12.5 Å². The van der Waals surface area contributed by atoms with Crippen molar-refractivity contribution in [2.24, 2.45) is 0 Å². The van der Waals surface area contributed by atoms with E-state index in [1.807, 2.05) is 6.07 Å². The molecule has 0 radical (unpaired) electrons. The van der Waals surface area contributed by atoms with Crippen LogP contribution < -0.4 is 4.90 Å². The first-order valence-electron chi connectivity index (χ1n) is 7.06. The predicted octanol–water partition coefficient (Wildman–Crippen LogP) is 0.920. The molecule has 1 N–H and O–H groups in total. The number of rotatable bonds is 5. The van der Waals surface area contributed by atoms with Gasteiger partial charge in [-0.25, -0.2) is 0 Å². The van der Waals surface area contributed by atoms with Gasteiger partial charge in [0.1, 0.15) is 0 Å². The number of carbonyl (C=O) groups excluding carboxylic acids is 1. The quantitative estimate of drug-likeness (QED) is 0.867. The van der Waals surface area contributed by atoms with E-state index < -0.39 is 0 Å². The molecule has 0 spiro atoms. The zero-order valence-corrected chi connectivity index (χ0v) is 12.1. The summed E-state index contributed by atoms with van der Waals surface area (Å²) in [5.74, 6) is 0.683. The van der Waals surface area contributed by atoms with Crippen molar-refractivity contribution < 1.29 is 9.90 Å². The van der Waals surface area contributed by atoms with E-state index in [0.717, 1.165) is 38.0 Å². The maximum absolute atomic E-state index is 11.8. The Hall–Kier alpha value is -1.69.